The number of hydrogen-bond donors (Lipinski definition) is 0. The van der Waals surface area contributed by atoms with E-state index in [1.807, 2.05) is 30.3 Å². The second kappa shape index (κ2) is 8.40. The van der Waals surface area contributed by atoms with Gasteiger partial charge in [-0.2, -0.15) is 0 Å². The Morgan fingerprint density at radius 1 is 0.967 bits per heavy atom. The Balaban J connectivity index is 1.55. The average Bonchev–Trinajstić information content (AvgIpc) is 2.68. The SMILES string of the molecule is CC(C)(C)OC(=O)N1CCC2(CCN(C(=O)OCc3ccccc3)CC2(F)F)CC1. The molecular weight excluding hydrogens is 394 g/mol. The maximum absolute atomic E-state index is 15.1. The van der Waals surface area contributed by atoms with Gasteiger partial charge < -0.3 is 19.3 Å². The standard InChI is InChI=1S/C22H30F2N2O4/c1-20(2,3)30-19(28)25-12-9-21(10-13-25)11-14-26(16-22(21,23)24)18(27)29-15-17-7-5-4-6-8-17/h4-8H,9-16H2,1-3H3. The number of hydrogen-bond acceptors (Lipinski definition) is 4. The van der Waals surface area contributed by atoms with Crippen LogP contribution in [0, 0.1) is 5.41 Å². The van der Waals surface area contributed by atoms with Crippen molar-refractivity contribution in [3.63, 3.8) is 0 Å². The van der Waals surface area contributed by atoms with E-state index in [1.54, 1.807) is 20.8 Å². The molecule has 30 heavy (non-hydrogen) atoms. The fourth-order valence-electron chi connectivity index (χ4n) is 4.04. The Labute approximate surface area is 176 Å². The molecule has 0 aromatic heterocycles. The predicted octanol–water partition coefficient (Wildman–Crippen LogP) is 4.68. The monoisotopic (exact) mass is 424 g/mol. The summed E-state index contributed by atoms with van der Waals surface area (Å²) in [6, 6.07) is 9.12. The molecule has 1 aromatic carbocycles. The molecule has 2 heterocycles. The van der Waals surface area contributed by atoms with Gasteiger partial charge >= 0.3 is 12.2 Å². The van der Waals surface area contributed by atoms with Crippen LogP contribution in [0.2, 0.25) is 0 Å². The van der Waals surface area contributed by atoms with Crippen molar-refractivity contribution in [1.29, 1.82) is 0 Å². The lowest BCUT2D eigenvalue weighted by atomic mass is 9.68. The van der Waals surface area contributed by atoms with E-state index in [1.165, 1.54) is 4.90 Å². The molecule has 0 unspecified atom stereocenters. The first-order chi connectivity index (χ1) is 14.0. The Kier molecular flexibility index (Phi) is 6.24. The van der Waals surface area contributed by atoms with Crippen LogP contribution in [-0.4, -0.2) is 59.7 Å². The third-order valence-electron chi connectivity index (χ3n) is 5.86. The van der Waals surface area contributed by atoms with E-state index in [2.05, 4.69) is 0 Å². The van der Waals surface area contributed by atoms with E-state index in [9.17, 15) is 9.59 Å². The summed E-state index contributed by atoms with van der Waals surface area (Å²) in [6.07, 6.45) is -0.636. The first-order valence-electron chi connectivity index (χ1n) is 10.3. The van der Waals surface area contributed by atoms with Crippen LogP contribution < -0.4 is 0 Å². The van der Waals surface area contributed by atoms with Crippen LogP contribution in [0.5, 0.6) is 0 Å². The minimum Gasteiger partial charge on any atom is -0.445 e. The number of carbonyl (C=O) groups excluding carboxylic acids is 2. The molecule has 0 aliphatic carbocycles. The number of piperidine rings is 2. The van der Waals surface area contributed by atoms with Gasteiger partial charge in [0, 0.05) is 25.0 Å². The Bertz CT molecular complexity index is 756. The molecule has 0 atom stereocenters. The van der Waals surface area contributed by atoms with Gasteiger partial charge in [0.2, 0.25) is 0 Å². The predicted molar refractivity (Wildman–Crippen MR) is 107 cm³/mol. The number of alkyl halides is 2. The van der Waals surface area contributed by atoms with E-state index in [-0.39, 0.29) is 45.5 Å². The van der Waals surface area contributed by atoms with Crippen molar-refractivity contribution in [3.05, 3.63) is 35.9 Å². The van der Waals surface area contributed by atoms with Crippen molar-refractivity contribution in [1.82, 2.24) is 9.80 Å². The topological polar surface area (TPSA) is 59.1 Å². The molecule has 1 aromatic rings. The largest absolute Gasteiger partial charge is 0.445 e. The van der Waals surface area contributed by atoms with E-state index >= 15 is 8.78 Å². The molecule has 2 aliphatic rings. The normalized spacial score (nSPS) is 20.7. The molecule has 3 rings (SSSR count). The molecule has 2 aliphatic heterocycles. The zero-order valence-electron chi connectivity index (χ0n) is 17.8. The molecule has 1 spiro atoms. The summed E-state index contributed by atoms with van der Waals surface area (Å²) in [5.41, 5.74) is -1.02. The van der Waals surface area contributed by atoms with Crippen molar-refractivity contribution < 1.29 is 27.8 Å². The summed E-state index contributed by atoms with van der Waals surface area (Å²) < 4.78 is 40.8. The number of likely N-dealkylation sites (tertiary alicyclic amines) is 2. The number of halogens is 2. The van der Waals surface area contributed by atoms with Gasteiger partial charge in [-0.1, -0.05) is 30.3 Å². The number of nitrogens with zero attached hydrogens (tertiary/aromatic N) is 2. The van der Waals surface area contributed by atoms with Gasteiger partial charge in [-0.3, -0.25) is 0 Å². The molecule has 0 N–H and O–H groups in total. The fourth-order valence-corrected chi connectivity index (χ4v) is 4.04. The highest BCUT2D eigenvalue weighted by atomic mass is 19.3. The maximum atomic E-state index is 15.1. The summed E-state index contributed by atoms with van der Waals surface area (Å²) in [5, 5.41) is 0. The minimum absolute atomic E-state index is 0.0533. The molecule has 0 bridgehead atoms. The minimum atomic E-state index is -3.04. The number of amides is 2. The van der Waals surface area contributed by atoms with E-state index in [0.717, 1.165) is 10.5 Å². The van der Waals surface area contributed by atoms with Crippen LogP contribution in [-0.2, 0) is 16.1 Å². The smallest absolute Gasteiger partial charge is 0.410 e. The van der Waals surface area contributed by atoms with Crippen LogP contribution >= 0.6 is 0 Å². The van der Waals surface area contributed by atoms with E-state index < -0.39 is 35.7 Å². The summed E-state index contributed by atoms with van der Waals surface area (Å²) >= 11 is 0. The van der Waals surface area contributed by atoms with Crippen molar-refractivity contribution in [2.24, 2.45) is 5.41 Å². The molecule has 6 nitrogen and oxygen atoms in total. The summed E-state index contributed by atoms with van der Waals surface area (Å²) in [7, 11) is 0. The summed E-state index contributed by atoms with van der Waals surface area (Å²) in [6.45, 7) is 5.39. The van der Waals surface area contributed by atoms with Gasteiger partial charge in [0.15, 0.2) is 0 Å². The van der Waals surface area contributed by atoms with Crippen molar-refractivity contribution in [3.8, 4) is 0 Å². The van der Waals surface area contributed by atoms with E-state index in [0.29, 0.717) is 0 Å². The Morgan fingerprint density at radius 2 is 1.53 bits per heavy atom. The third-order valence-corrected chi connectivity index (χ3v) is 5.86. The molecule has 166 valence electrons. The van der Waals surface area contributed by atoms with Gasteiger partial charge in [0.05, 0.1) is 6.54 Å². The summed E-state index contributed by atoms with van der Waals surface area (Å²) in [4.78, 5) is 27.1. The molecule has 0 radical (unpaired) electrons. The zero-order chi connectivity index (χ0) is 22.0. The van der Waals surface area contributed by atoms with Gasteiger partial charge in [-0.15, -0.1) is 0 Å². The maximum Gasteiger partial charge on any atom is 0.410 e. The Morgan fingerprint density at radius 3 is 2.07 bits per heavy atom. The van der Waals surface area contributed by atoms with Crippen LogP contribution in [0.1, 0.15) is 45.6 Å². The van der Waals surface area contributed by atoms with Crippen molar-refractivity contribution in [2.75, 3.05) is 26.2 Å². The highest BCUT2D eigenvalue weighted by Crippen LogP contribution is 2.51. The lowest BCUT2D eigenvalue weighted by Gasteiger charge is -2.50. The number of carbonyl (C=O) groups is 2. The number of rotatable bonds is 2. The molecular formula is C22H30F2N2O4. The van der Waals surface area contributed by atoms with Crippen LogP contribution in [0.25, 0.3) is 0 Å². The highest BCUT2D eigenvalue weighted by Gasteiger charge is 2.58. The third kappa shape index (κ3) is 5.02. The Hall–Kier alpha value is -2.38. The zero-order valence-corrected chi connectivity index (χ0v) is 17.8. The lowest BCUT2D eigenvalue weighted by Crippen LogP contribution is -2.60. The highest BCUT2D eigenvalue weighted by molar-refractivity contribution is 5.69. The molecule has 8 heteroatoms. The second-order valence-corrected chi connectivity index (χ2v) is 9.16. The molecule has 2 saturated heterocycles. The first-order valence-corrected chi connectivity index (χ1v) is 10.3. The quantitative estimate of drug-likeness (QED) is 0.692. The van der Waals surface area contributed by atoms with Gasteiger partial charge in [0.1, 0.15) is 12.2 Å². The van der Waals surface area contributed by atoms with E-state index in [4.69, 9.17) is 9.47 Å². The molecule has 2 amide bonds. The van der Waals surface area contributed by atoms with Crippen LogP contribution in [0.15, 0.2) is 30.3 Å². The van der Waals surface area contributed by atoms with Gasteiger partial charge in [-0.05, 0) is 45.6 Å². The van der Waals surface area contributed by atoms with Gasteiger partial charge in [-0.25, -0.2) is 18.4 Å². The van der Waals surface area contributed by atoms with Crippen molar-refractivity contribution in [2.45, 2.75) is 58.2 Å². The molecule has 0 saturated carbocycles. The number of ether oxygens (including phenoxy) is 2. The van der Waals surface area contributed by atoms with Crippen molar-refractivity contribution >= 4 is 12.2 Å². The summed E-state index contributed by atoms with van der Waals surface area (Å²) in [5.74, 6) is -3.04. The van der Waals surface area contributed by atoms with Crippen LogP contribution in [0.3, 0.4) is 0 Å². The fraction of sp³-hybridized carbons (Fsp3) is 0.636. The first kappa shape index (κ1) is 22.3. The van der Waals surface area contributed by atoms with Gasteiger partial charge in [0.25, 0.3) is 5.92 Å². The lowest BCUT2D eigenvalue weighted by molar-refractivity contribution is -0.182. The number of benzene rings is 1. The molecule has 2 fully saturated rings. The average molecular weight is 424 g/mol. The second-order valence-electron chi connectivity index (χ2n) is 9.16. The van der Waals surface area contributed by atoms with Crippen LogP contribution in [0.4, 0.5) is 18.4 Å².